The van der Waals surface area contributed by atoms with Gasteiger partial charge in [-0.15, -0.1) is 0 Å². The molecule has 3 rings (SSSR count). The summed E-state index contributed by atoms with van der Waals surface area (Å²) in [5.41, 5.74) is 7.17. The maximum absolute atomic E-state index is 12.1. The standard InChI is InChI=1S/C21H27N5O3/c1-2-28-18-9-5-4-8-17(18)24-20(27)15-29-25-21(22)16-10-11-19(23-14-16)26-12-6-3-7-13-26/h4-5,8-11,14H,2-3,6-7,12-13,15H2,1H3,(H2,22,25)(H,24,27). The Morgan fingerprint density at radius 3 is 2.72 bits per heavy atom. The number of nitrogens with two attached hydrogens (primary N) is 1. The predicted octanol–water partition coefficient (Wildman–Crippen LogP) is 2.75. The Morgan fingerprint density at radius 2 is 2.00 bits per heavy atom. The van der Waals surface area contributed by atoms with Crippen LogP contribution >= 0.6 is 0 Å². The van der Waals surface area contributed by atoms with Crippen molar-refractivity contribution in [3.8, 4) is 5.75 Å². The van der Waals surface area contributed by atoms with Gasteiger partial charge in [-0.05, 0) is 50.5 Å². The number of nitrogens with one attached hydrogen (secondary N) is 1. The number of anilines is 2. The zero-order valence-electron chi connectivity index (χ0n) is 16.6. The fourth-order valence-electron chi connectivity index (χ4n) is 3.10. The number of amidine groups is 1. The van der Waals surface area contributed by atoms with Crippen molar-refractivity contribution >= 4 is 23.2 Å². The second kappa shape index (κ2) is 10.3. The Bertz CT molecular complexity index is 832. The first-order chi connectivity index (χ1) is 14.2. The normalized spacial score (nSPS) is 14.4. The average Bonchev–Trinajstić information content (AvgIpc) is 2.76. The van der Waals surface area contributed by atoms with E-state index in [0.717, 1.165) is 18.9 Å². The van der Waals surface area contributed by atoms with E-state index < -0.39 is 0 Å². The van der Waals surface area contributed by atoms with Crippen molar-refractivity contribution in [1.29, 1.82) is 0 Å². The first kappa shape index (κ1) is 20.4. The number of hydrogen-bond acceptors (Lipinski definition) is 6. The Kier molecular flexibility index (Phi) is 7.27. The van der Waals surface area contributed by atoms with Crippen molar-refractivity contribution in [2.45, 2.75) is 26.2 Å². The first-order valence-corrected chi connectivity index (χ1v) is 9.86. The van der Waals surface area contributed by atoms with Crippen LogP contribution in [0.5, 0.6) is 5.75 Å². The second-order valence-corrected chi connectivity index (χ2v) is 6.68. The molecule has 0 atom stereocenters. The number of benzene rings is 1. The summed E-state index contributed by atoms with van der Waals surface area (Å²) in [5, 5.41) is 6.56. The number of aromatic nitrogens is 1. The van der Waals surface area contributed by atoms with Gasteiger partial charge in [-0.3, -0.25) is 4.79 Å². The van der Waals surface area contributed by atoms with Crippen LogP contribution in [0.15, 0.2) is 47.8 Å². The average molecular weight is 397 g/mol. The quantitative estimate of drug-likeness (QED) is 0.403. The highest BCUT2D eigenvalue weighted by molar-refractivity contribution is 5.97. The van der Waals surface area contributed by atoms with Gasteiger partial charge in [0.15, 0.2) is 12.4 Å². The highest BCUT2D eigenvalue weighted by Gasteiger charge is 2.12. The van der Waals surface area contributed by atoms with Crippen LogP contribution in [0.25, 0.3) is 0 Å². The van der Waals surface area contributed by atoms with Gasteiger partial charge in [0.25, 0.3) is 5.91 Å². The van der Waals surface area contributed by atoms with Crippen LogP contribution in [0.1, 0.15) is 31.7 Å². The summed E-state index contributed by atoms with van der Waals surface area (Å²) in [6, 6.07) is 11.0. The number of para-hydroxylation sites is 2. The van der Waals surface area contributed by atoms with Crippen molar-refractivity contribution in [3.63, 3.8) is 0 Å². The van der Waals surface area contributed by atoms with Gasteiger partial charge in [-0.25, -0.2) is 4.98 Å². The van der Waals surface area contributed by atoms with E-state index in [-0.39, 0.29) is 18.3 Å². The van der Waals surface area contributed by atoms with Gasteiger partial charge in [-0.1, -0.05) is 17.3 Å². The van der Waals surface area contributed by atoms with Gasteiger partial charge in [0.05, 0.1) is 12.3 Å². The lowest BCUT2D eigenvalue weighted by molar-refractivity contribution is -0.120. The summed E-state index contributed by atoms with van der Waals surface area (Å²) in [4.78, 5) is 23.9. The van der Waals surface area contributed by atoms with Crippen LogP contribution in [0.2, 0.25) is 0 Å². The van der Waals surface area contributed by atoms with Crippen LogP contribution < -0.4 is 20.7 Å². The summed E-state index contributed by atoms with van der Waals surface area (Å²) < 4.78 is 5.48. The summed E-state index contributed by atoms with van der Waals surface area (Å²) in [7, 11) is 0. The van der Waals surface area contributed by atoms with Gasteiger partial charge in [-0.2, -0.15) is 0 Å². The van der Waals surface area contributed by atoms with E-state index >= 15 is 0 Å². The lowest BCUT2D eigenvalue weighted by atomic mass is 10.1. The number of hydrogen-bond donors (Lipinski definition) is 2. The minimum Gasteiger partial charge on any atom is -0.492 e. The molecule has 2 aromatic rings. The molecule has 29 heavy (non-hydrogen) atoms. The van der Waals surface area contributed by atoms with Crippen molar-refractivity contribution in [2.24, 2.45) is 10.9 Å². The number of oxime groups is 1. The second-order valence-electron chi connectivity index (χ2n) is 6.68. The van der Waals surface area contributed by atoms with Crippen LogP contribution in [0.4, 0.5) is 11.5 Å². The summed E-state index contributed by atoms with van der Waals surface area (Å²) >= 11 is 0. The molecule has 0 spiro atoms. The molecule has 8 nitrogen and oxygen atoms in total. The van der Waals surface area contributed by atoms with Crippen LogP contribution in [-0.2, 0) is 9.63 Å². The third-order valence-corrected chi connectivity index (χ3v) is 4.54. The molecule has 1 aromatic carbocycles. The molecule has 0 bridgehead atoms. The van der Waals surface area contributed by atoms with E-state index in [2.05, 4.69) is 20.4 Å². The van der Waals surface area contributed by atoms with E-state index in [9.17, 15) is 4.79 Å². The fourth-order valence-corrected chi connectivity index (χ4v) is 3.10. The largest absolute Gasteiger partial charge is 0.492 e. The molecule has 154 valence electrons. The highest BCUT2D eigenvalue weighted by atomic mass is 16.6. The zero-order chi connectivity index (χ0) is 20.5. The predicted molar refractivity (Wildman–Crippen MR) is 113 cm³/mol. The fraction of sp³-hybridized carbons (Fsp3) is 0.381. The number of piperidine rings is 1. The number of rotatable bonds is 8. The monoisotopic (exact) mass is 397 g/mol. The molecule has 1 fully saturated rings. The SMILES string of the molecule is CCOc1ccccc1NC(=O)CO/N=C(/N)c1ccc(N2CCCCC2)nc1. The maximum atomic E-state index is 12.1. The Labute approximate surface area is 170 Å². The summed E-state index contributed by atoms with van der Waals surface area (Å²) in [6.07, 6.45) is 5.33. The van der Waals surface area contributed by atoms with E-state index in [1.807, 2.05) is 31.2 Å². The minimum atomic E-state index is -0.354. The third-order valence-electron chi connectivity index (χ3n) is 4.54. The smallest absolute Gasteiger partial charge is 0.265 e. The molecular formula is C21H27N5O3. The lowest BCUT2D eigenvalue weighted by Gasteiger charge is -2.27. The Morgan fingerprint density at radius 1 is 1.21 bits per heavy atom. The van der Waals surface area contributed by atoms with Crippen LogP contribution in [0, 0.1) is 0 Å². The van der Waals surface area contributed by atoms with Crippen molar-refractivity contribution in [2.75, 3.05) is 36.5 Å². The molecule has 0 radical (unpaired) electrons. The molecule has 0 saturated carbocycles. The van der Waals surface area contributed by atoms with Crippen LogP contribution in [-0.4, -0.2) is 43.0 Å². The van der Waals surface area contributed by atoms with E-state index in [1.54, 1.807) is 18.3 Å². The summed E-state index contributed by atoms with van der Waals surface area (Å²) in [5.74, 6) is 1.36. The molecule has 8 heteroatoms. The summed E-state index contributed by atoms with van der Waals surface area (Å²) in [6.45, 7) is 4.18. The highest BCUT2D eigenvalue weighted by Crippen LogP contribution is 2.23. The molecule has 0 unspecified atom stereocenters. The molecule has 1 aromatic heterocycles. The van der Waals surface area contributed by atoms with Crippen molar-refractivity contribution < 1.29 is 14.4 Å². The van der Waals surface area contributed by atoms with E-state index in [1.165, 1.54) is 19.3 Å². The van der Waals surface area contributed by atoms with Crippen molar-refractivity contribution in [3.05, 3.63) is 48.2 Å². The molecule has 2 heterocycles. The van der Waals surface area contributed by atoms with Gasteiger partial charge in [0.1, 0.15) is 11.6 Å². The molecule has 1 amide bonds. The number of nitrogens with zero attached hydrogens (tertiary/aromatic N) is 3. The third kappa shape index (κ3) is 5.84. The molecular weight excluding hydrogens is 370 g/mol. The topological polar surface area (TPSA) is 102 Å². The Hall–Kier alpha value is -3.29. The number of amides is 1. The molecule has 0 aliphatic carbocycles. The number of ether oxygens (including phenoxy) is 1. The number of pyridine rings is 1. The molecule has 1 saturated heterocycles. The van der Waals surface area contributed by atoms with Gasteiger partial charge in [0, 0.05) is 24.8 Å². The van der Waals surface area contributed by atoms with E-state index in [4.69, 9.17) is 15.3 Å². The number of carbonyl (C=O) groups is 1. The van der Waals surface area contributed by atoms with Gasteiger partial charge < -0.3 is 25.5 Å². The van der Waals surface area contributed by atoms with Gasteiger partial charge >= 0.3 is 0 Å². The minimum absolute atomic E-state index is 0.171. The van der Waals surface area contributed by atoms with E-state index in [0.29, 0.717) is 23.6 Å². The Balaban J connectivity index is 1.51. The number of carbonyl (C=O) groups excluding carboxylic acids is 1. The zero-order valence-corrected chi connectivity index (χ0v) is 16.6. The molecule has 1 aliphatic heterocycles. The van der Waals surface area contributed by atoms with Gasteiger partial charge in [0.2, 0.25) is 0 Å². The van der Waals surface area contributed by atoms with Crippen LogP contribution in [0.3, 0.4) is 0 Å². The lowest BCUT2D eigenvalue weighted by Crippen LogP contribution is -2.30. The molecule has 1 aliphatic rings. The maximum Gasteiger partial charge on any atom is 0.265 e. The van der Waals surface area contributed by atoms with Crippen molar-refractivity contribution in [1.82, 2.24) is 4.98 Å². The molecule has 3 N–H and O–H groups in total. The first-order valence-electron chi connectivity index (χ1n) is 9.86.